The quantitative estimate of drug-likeness (QED) is 0.873. The Labute approximate surface area is 108 Å². The molecule has 0 heterocycles. The van der Waals surface area contributed by atoms with E-state index in [9.17, 15) is 4.39 Å². The molecule has 1 nitrogen and oxygen atoms in total. The molecule has 0 saturated heterocycles. The highest BCUT2D eigenvalue weighted by Gasteiger charge is 2.41. The largest absolute Gasteiger partial charge is 0.327 e. The van der Waals surface area contributed by atoms with E-state index in [4.69, 9.17) is 17.3 Å². The maximum absolute atomic E-state index is 14.8. The molecule has 0 amide bonds. The number of halogens is 2. The standard InChI is InChI=1S/C14H21ClFN/c1-10-5-6-11(12(15)7-10)8-14(16,9-17)13(2,3)4/h5-7H,8-9,17H2,1-4H3. The molecule has 0 saturated carbocycles. The molecule has 0 fully saturated rings. The zero-order valence-corrected chi connectivity index (χ0v) is 11.7. The van der Waals surface area contributed by atoms with Gasteiger partial charge in [-0.3, -0.25) is 0 Å². The maximum atomic E-state index is 14.8. The molecule has 1 aromatic carbocycles. The average molecular weight is 258 g/mol. The molecule has 0 spiro atoms. The molecule has 3 heteroatoms. The van der Waals surface area contributed by atoms with Crippen LogP contribution in [0.3, 0.4) is 0 Å². The van der Waals surface area contributed by atoms with Crippen molar-refractivity contribution in [3.63, 3.8) is 0 Å². The van der Waals surface area contributed by atoms with Gasteiger partial charge in [0.2, 0.25) is 0 Å². The molecule has 0 aliphatic carbocycles. The number of hydrogen-bond donors (Lipinski definition) is 1. The van der Waals surface area contributed by atoms with Crippen LogP contribution in [-0.4, -0.2) is 12.2 Å². The molecule has 1 atom stereocenters. The van der Waals surface area contributed by atoms with Gasteiger partial charge in [0.1, 0.15) is 5.67 Å². The molecule has 0 radical (unpaired) electrons. The highest BCUT2D eigenvalue weighted by Crippen LogP contribution is 2.37. The van der Waals surface area contributed by atoms with Crippen LogP contribution < -0.4 is 5.73 Å². The summed E-state index contributed by atoms with van der Waals surface area (Å²) in [7, 11) is 0. The van der Waals surface area contributed by atoms with Gasteiger partial charge in [-0.2, -0.15) is 0 Å². The Morgan fingerprint density at radius 3 is 2.29 bits per heavy atom. The summed E-state index contributed by atoms with van der Waals surface area (Å²) >= 11 is 6.14. The van der Waals surface area contributed by atoms with E-state index in [1.54, 1.807) is 0 Å². The number of aryl methyl sites for hydroxylation is 1. The van der Waals surface area contributed by atoms with E-state index in [1.165, 1.54) is 0 Å². The van der Waals surface area contributed by atoms with Gasteiger partial charge in [-0.05, 0) is 29.5 Å². The van der Waals surface area contributed by atoms with E-state index >= 15 is 0 Å². The lowest BCUT2D eigenvalue weighted by molar-refractivity contribution is 0.0382. The monoisotopic (exact) mass is 257 g/mol. The maximum Gasteiger partial charge on any atom is 0.132 e. The molecule has 1 rings (SSSR count). The van der Waals surface area contributed by atoms with Crippen LogP contribution >= 0.6 is 11.6 Å². The molecule has 1 aromatic rings. The van der Waals surface area contributed by atoms with Gasteiger partial charge in [0.05, 0.1) is 0 Å². The predicted octanol–water partition coefficient (Wildman–Crippen LogP) is 3.90. The SMILES string of the molecule is Cc1ccc(CC(F)(CN)C(C)(C)C)c(Cl)c1. The zero-order valence-electron chi connectivity index (χ0n) is 11.0. The summed E-state index contributed by atoms with van der Waals surface area (Å²) in [4.78, 5) is 0. The number of hydrogen-bond acceptors (Lipinski definition) is 1. The third-order valence-corrected chi connectivity index (χ3v) is 3.70. The fourth-order valence-electron chi connectivity index (χ4n) is 1.74. The molecule has 2 N–H and O–H groups in total. The normalized spacial score (nSPS) is 15.7. The minimum absolute atomic E-state index is 0.000700. The predicted molar refractivity (Wildman–Crippen MR) is 72.2 cm³/mol. The molecule has 96 valence electrons. The van der Waals surface area contributed by atoms with Crippen LogP contribution in [0.15, 0.2) is 18.2 Å². The van der Waals surface area contributed by atoms with Gasteiger partial charge < -0.3 is 5.73 Å². The van der Waals surface area contributed by atoms with Gasteiger partial charge in [0.15, 0.2) is 0 Å². The van der Waals surface area contributed by atoms with Crippen molar-refractivity contribution in [3.05, 3.63) is 34.3 Å². The summed E-state index contributed by atoms with van der Waals surface area (Å²) in [5.41, 5.74) is 5.56. The first-order valence-electron chi connectivity index (χ1n) is 5.83. The Hall–Kier alpha value is -0.600. The molecule has 0 bridgehead atoms. The van der Waals surface area contributed by atoms with Gasteiger partial charge in [-0.25, -0.2) is 4.39 Å². The second-order valence-electron chi connectivity index (χ2n) is 5.69. The van der Waals surface area contributed by atoms with Crippen molar-refractivity contribution in [1.29, 1.82) is 0 Å². The van der Waals surface area contributed by atoms with Gasteiger partial charge in [-0.1, -0.05) is 44.5 Å². The lowest BCUT2D eigenvalue weighted by atomic mass is 9.74. The van der Waals surface area contributed by atoms with E-state index in [2.05, 4.69) is 0 Å². The molecule has 1 unspecified atom stereocenters. The van der Waals surface area contributed by atoms with Gasteiger partial charge >= 0.3 is 0 Å². The molecule has 0 aromatic heterocycles. The van der Waals surface area contributed by atoms with E-state index in [-0.39, 0.29) is 13.0 Å². The van der Waals surface area contributed by atoms with Crippen molar-refractivity contribution >= 4 is 11.6 Å². The summed E-state index contributed by atoms with van der Waals surface area (Å²) < 4.78 is 14.8. The first-order valence-corrected chi connectivity index (χ1v) is 6.21. The molecule has 0 aliphatic rings. The Bertz CT molecular complexity index is 398. The Kier molecular flexibility index (Phi) is 4.21. The smallest absolute Gasteiger partial charge is 0.132 e. The second kappa shape index (κ2) is 4.95. The number of nitrogens with two attached hydrogens (primary N) is 1. The topological polar surface area (TPSA) is 26.0 Å². The van der Waals surface area contributed by atoms with Crippen molar-refractivity contribution < 1.29 is 4.39 Å². The molecular weight excluding hydrogens is 237 g/mol. The minimum atomic E-state index is -1.44. The van der Waals surface area contributed by atoms with Crippen LogP contribution in [0.5, 0.6) is 0 Å². The van der Waals surface area contributed by atoms with Crippen molar-refractivity contribution in [3.8, 4) is 0 Å². The number of benzene rings is 1. The first-order chi connectivity index (χ1) is 7.69. The van der Waals surface area contributed by atoms with Crippen molar-refractivity contribution in [2.24, 2.45) is 11.1 Å². The fraction of sp³-hybridized carbons (Fsp3) is 0.571. The van der Waals surface area contributed by atoms with Crippen LogP contribution in [0.1, 0.15) is 31.9 Å². The third kappa shape index (κ3) is 3.20. The summed E-state index contributed by atoms with van der Waals surface area (Å²) in [5.74, 6) is 0. The van der Waals surface area contributed by atoms with Crippen LogP contribution in [-0.2, 0) is 6.42 Å². The Morgan fingerprint density at radius 1 is 1.29 bits per heavy atom. The summed E-state index contributed by atoms with van der Waals surface area (Å²) in [6, 6.07) is 5.69. The highest BCUT2D eigenvalue weighted by molar-refractivity contribution is 6.31. The fourth-order valence-corrected chi connectivity index (χ4v) is 2.04. The summed E-state index contributed by atoms with van der Waals surface area (Å²) in [5, 5.41) is 0.615. The lowest BCUT2D eigenvalue weighted by Gasteiger charge is -2.37. The van der Waals surface area contributed by atoms with E-state index in [0.717, 1.165) is 11.1 Å². The average Bonchev–Trinajstić information content (AvgIpc) is 2.20. The van der Waals surface area contributed by atoms with E-state index < -0.39 is 11.1 Å². The van der Waals surface area contributed by atoms with Crippen molar-refractivity contribution in [2.75, 3.05) is 6.54 Å². The van der Waals surface area contributed by atoms with Gasteiger partial charge in [-0.15, -0.1) is 0 Å². The van der Waals surface area contributed by atoms with E-state index in [0.29, 0.717) is 5.02 Å². The lowest BCUT2D eigenvalue weighted by Crippen LogP contribution is -2.47. The second-order valence-corrected chi connectivity index (χ2v) is 6.10. The van der Waals surface area contributed by atoms with Gasteiger partial charge in [0.25, 0.3) is 0 Å². The Balaban J connectivity index is 3.03. The molecule has 0 aliphatic heterocycles. The van der Waals surface area contributed by atoms with Crippen molar-refractivity contribution in [2.45, 2.75) is 39.8 Å². The summed E-state index contributed by atoms with van der Waals surface area (Å²) in [6.07, 6.45) is 0.256. The third-order valence-electron chi connectivity index (χ3n) is 3.35. The minimum Gasteiger partial charge on any atom is -0.327 e. The van der Waals surface area contributed by atoms with Crippen LogP contribution in [0.25, 0.3) is 0 Å². The number of alkyl halides is 1. The van der Waals surface area contributed by atoms with Crippen LogP contribution in [0.4, 0.5) is 4.39 Å². The Morgan fingerprint density at radius 2 is 1.88 bits per heavy atom. The molecular formula is C14H21ClFN. The zero-order chi connectivity index (χ0) is 13.3. The first kappa shape index (κ1) is 14.5. The van der Waals surface area contributed by atoms with Crippen LogP contribution in [0, 0.1) is 12.3 Å². The summed E-state index contributed by atoms with van der Waals surface area (Å²) in [6.45, 7) is 7.55. The van der Waals surface area contributed by atoms with Crippen LogP contribution in [0.2, 0.25) is 5.02 Å². The number of rotatable bonds is 3. The van der Waals surface area contributed by atoms with Gasteiger partial charge in [0, 0.05) is 18.0 Å². The highest BCUT2D eigenvalue weighted by atomic mass is 35.5. The van der Waals surface area contributed by atoms with Crippen molar-refractivity contribution in [1.82, 2.24) is 0 Å². The van der Waals surface area contributed by atoms with E-state index in [1.807, 2.05) is 45.9 Å². The molecule has 17 heavy (non-hydrogen) atoms.